The lowest BCUT2D eigenvalue weighted by Gasteiger charge is -2.42. The highest BCUT2D eigenvalue weighted by molar-refractivity contribution is 7.99. The van der Waals surface area contributed by atoms with E-state index in [-0.39, 0.29) is 33.8 Å². The van der Waals surface area contributed by atoms with Crippen LogP contribution in [0, 0.1) is 0 Å². The van der Waals surface area contributed by atoms with E-state index in [0.717, 1.165) is 11.3 Å². The molecule has 1 aliphatic rings. The fourth-order valence-electron chi connectivity index (χ4n) is 5.08. The van der Waals surface area contributed by atoms with E-state index >= 15 is 0 Å². The van der Waals surface area contributed by atoms with Gasteiger partial charge in [-0.2, -0.15) is 11.8 Å². The first-order chi connectivity index (χ1) is 19.8. The molecule has 0 saturated carbocycles. The number of carbonyl (C=O) groups is 2. The number of carbonyl (C=O) groups excluding carboxylic acids is 2. The predicted octanol–water partition coefficient (Wildman–Crippen LogP) is 8.59. The average Bonchev–Trinajstić information content (AvgIpc) is 2.88. The van der Waals surface area contributed by atoms with Crippen LogP contribution >= 0.6 is 11.8 Å². The van der Waals surface area contributed by atoms with Crippen molar-refractivity contribution in [3.05, 3.63) is 63.7 Å². The lowest BCUT2D eigenvalue weighted by molar-refractivity contribution is -0.143. The Balaban J connectivity index is 1.33. The third-order valence-electron chi connectivity index (χ3n) is 7.90. The Bertz CT molecular complexity index is 1260. The molecule has 1 heterocycles. The molecule has 1 aliphatic heterocycles. The lowest BCUT2D eigenvalue weighted by atomic mass is 9.78. The van der Waals surface area contributed by atoms with E-state index in [1.165, 1.54) is 27.8 Å². The highest BCUT2D eigenvalue weighted by Crippen LogP contribution is 2.49. The maximum Gasteiger partial charge on any atom is 0.306 e. The summed E-state index contributed by atoms with van der Waals surface area (Å²) in [4.78, 5) is 24.8. The molecule has 0 N–H and O–H groups in total. The standard InChI is InChI=1S/C37H54O5S/c1-34(2,3)27-20-25(21-28(24-27)35(4,5)6)12-14-31(38)40-16-18-43-19-17-41-32(39)15-13-26-22-29(36(7,8)9)33-30(23-26)37(10,11)42-33/h20-24H,12-19H2,1-11H3. The van der Waals surface area contributed by atoms with Gasteiger partial charge in [0, 0.05) is 35.5 Å². The number of rotatable bonds is 12. The number of hydrogen-bond acceptors (Lipinski definition) is 6. The van der Waals surface area contributed by atoms with Crippen LogP contribution in [0.15, 0.2) is 30.3 Å². The summed E-state index contributed by atoms with van der Waals surface area (Å²) in [5, 5.41) is 0. The van der Waals surface area contributed by atoms with Crippen molar-refractivity contribution < 1.29 is 23.8 Å². The second-order valence-corrected chi connectivity index (χ2v) is 16.6. The summed E-state index contributed by atoms with van der Waals surface area (Å²) in [5.41, 5.74) is 7.09. The van der Waals surface area contributed by atoms with E-state index in [1.54, 1.807) is 11.8 Å². The Hall–Kier alpha value is -2.47. The van der Waals surface area contributed by atoms with Gasteiger partial charge in [0.15, 0.2) is 0 Å². The smallest absolute Gasteiger partial charge is 0.306 e. The molecule has 0 bridgehead atoms. The molecule has 2 aromatic rings. The average molecular weight is 611 g/mol. The van der Waals surface area contributed by atoms with Crippen molar-refractivity contribution in [3.8, 4) is 5.75 Å². The van der Waals surface area contributed by atoms with Gasteiger partial charge in [-0.05, 0) is 71.3 Å². The summed E-state index contributed by atoms with van der Waals surface area (Å²) in [5.74, 6) is 1.99. The highest BCUT2D eigenvalue weighted by atomic mass is 32.2. The monoisotopic (exact) mass is 610 g/mol. The van der Waals surface area contributed by atoms with Crippen LogP contribution in [-0.2, 0) is 53.8 Å². The first-order valence-electron chi connectivity index (χ1n) is 15.7. The zero-order valence-electron chi connectivity index (χ0n) is 28.5. The SMILES string of the molecule is CC(C)(C)c1cc(CCC(=O)OCCSCCOC(=O)CCc2cc(C(C)(C)C)c3c(c2)C(C)(C)O3)cc(C(C)(C)C)c1. The minimum absolute atomic E-state index is 0.0309. The van der Waals surface area contributed by atoms with E-state index in [0.29, 0.717) is 50.4 Å². The van der Waals surface area contributed by atoms with Gasteiger partial charge in [0.1, 0.15) is 24.6 Å². The summed E-state index contributed by atoms with van der Waals surface area (Å²) in [7, 11) is 0. The second kappa shape index (κ2) is 13.7. The van der Waals surface area contributed by atoms with Crippen molar-refractivity contribution in [2.75, 3.05) is 24.7 Å². The Morgan fingerprint density at radius 2 is 1.16 bits per heavy atom. The summed E-state index contributed by atoms with van der Waals surface area (Å²) in [6.07, 6.45) is 2.03. The zero-order chi connectivity index (χ0) is 32.2. The summed E-state index contributed by atoms with van der Waals surface area (Å²) >= 11 is 1.62. The molecule has 5 nitrogen and oxygen atoms in total. The van der Waals surface area contributed by atoms with E-state index in [1.807, 2.05) is 0 Å². The van der Waals surface area contributed by atoms with Crippen LogP contribution in [-0.4, -0.2) is 36.7 Å². The molecule has 0 fully saturated rings. The number of aryl methyl sites for hydroxylation is 2. The molecule has 0 atom stereocenters. The predicted molar refractivity (Wildman–Crippen MR) is 179 cm³/mol. The number of esters is 2. The molecule has 0 amide bonds. The molecule has 238 valence electrons. The third kappa shape index (κ3) is 10.0. The Morgan fingerprint density at radius 1 is 0.698 bits per heavy atom. The molecule has 0 aromatic heterocycles. The van der Waals surface area contributed by atoms with Gasteiger partial charge in [-0.25, -0.2) is 0 Å². The maximum atomic E-state index is 12.4. The second-order valence-electron chi connectivity index (χ2n) is 15.4. The molecule has 0 spiro atoms. The van der Waals surface area contributed by atoms with Gasteiger partial charge < -0.3 is 14.2 Å². The molecule has 0 unspecified atom stereocenters. The Labute approximate surface area is 264 Å². The number of thioether (sulfide) groups is 1. The Morgan fingerprint density at radius 3 is 1.58 bits per heavy atom. The summed E-state index contributed by atoms with van der Waals surface area (Å²) < 4.78 is 17.0. The van der Waals surface area contributed by atoms with Gasteiger partial charge in [-0.15, -0.1) is 0 Å². The van der Waals surface area contributed by atoms with Gasteiger partial charge in [0.25, 0.3) is 0 Å². The topological polar surface area (TPSA) is 61.8 Å². The summed E-state index contributed by atoms with van der Waals surface area (Å²) in [6, 6.07) is 11.1. The molecular weight excluding hydrogens is 556 g/mol. The van der Waals surface area contributed by atoms with Gasteiger partial charge >= 0.3 is 11.9 Å². The molecule has 0 saturated heterocycles. The van der Waals surface area contributed by atoms with Gasteiger partial charge in [-0.3, -0.25) is 9.59 Å². The van der Waals surface area contributed by atoms with E-state index in [9.17, 15) is 9.59 Å². The molecule has 6 heteroatoms. The maximum absolute atomic E-state index is 12.4. The van der Waals surface area contributed by atoms with Crippen molar-refractivity contribution >= 4 is 23.7 Å². The van der Waals surface area contributed by atoms with Crippen molar-refractivity contribution in [1.82, 2.24) is 0 Å². The first kappa shape index (κ1) is 35.0. The van der Waals surface area contributed by atoms with Crippen LogP contribution < -0.4 is 4.74 Å². The van der Waals surface area contributed by atoms with Crippen LogP contribution in [0.4, 0.5) is 0 Å². The number of fused-ring (bicyclic) bond motifs is 1. The number of benzene rings is 2. The highest BCUT2D eigenvalue weighted by Gasteiger charge is 2.40. The molecule has 43 heavy (non-hydrogen) atoms. The largest absolute Gasteiger partial charge is 0.482 e. The van der Waals surface area contributed by atoms with Crippen LogP contribution in [0.25, 0.3) is 0 Å². The molecule has 0 radical (unpaired) electrons. The minimum Gasteiger partial charge on any atom is -0.482 e. The fraction of sp³-hybridized carbons (Fsp3) is 0.622. The summed E-state index contributed by atoms with van der Waals surface area (Å²) in [6.45, 7) is 24.8. The van der Waals surface area contributed by atoms with Crippen molar-refractivity contribution in [1.29, 1.82) is 0 Å². The molecule has 3 rings (SSSR count). The van der Waals surface area contributed by atoms with Crippen LogP contribution in [0.5, 0.6) is 5.75 Å². The van der Waals surface area contributed by atoms with Crippen molar-refractivity contribution in [2.45, 2.75) is 124 Å². The van der Waals surface area contributed by atoms with E-state index in [2.05, 4.69) is 106 Å². The van der Waals surface area contributed by atoms with Crippen molar-refractivity contribution in [3.63, 3.8) is 0 Å². The van der Waals surface area contributed by atoms with Crippen LogP contribution in [0.3, 0.4) is 0 Å². The van der Waals surface area contributed by atoms with E-state index in [4.69, 9.17) is 14.2 Å². The normalized spacial score (nSPS) is 14.4. The van der Waals surface area contributed by atoms with E-state index < -0.39 is 0 Å². The first-order valence-corrected chi connectivity index (χ1v) is 16.8. The van der Waals surface area contributed by atoms with Crippen LogP contribution in [0.1, 0.15) is 122 Å². The van der Waals surface area contributed by atoms with Crippen molar-refractivity contribution in [2.24, 2.45) is 0 Å². The Kier molecular flexibility index (Phi) is 11.1. The quantitative estimate of drug-likeness (QED) is 0.177. The zero-order valence-corrected chi connectivity index (χ0v) is 29.3. The third-order valence-corrected chi connectivity index (χ3v) is 8.82. The molecular formula is C37H54O5S. The number of ether oxygens (including phenoxy) is 3. The minimum atomic E-state index is -0.286. The molecule has 0 aliphatic carbocycles. The van der Waals surface area contributed by atoms with Gasteiger partial charge in [0.2, 0.25) is 0 Å². The molecule has 2 aromatic carbocycles. The lowest BCUT2D eigenvalue weighted by Crippen LogP contribution is -2.37. The van der Waals surface area contributed by atoms with Gasteiger partial charge in [0.05, 0.1) is 0 Å². The fourth-order valence-corrected chi connectivity index (χ4v) is 5.69. The van der Waals surface area contributed by atoms with Crippen LogP contribution in [0.2, 0.25) is 0 Å². The van der Waals surface area contributed by atoms with Gasteiger partial charge in [-0.1, -0.05) is 86.6 Å². The number of hydrogen-bond donors (Lipinski definition) is 0.